The molecular weight excluding hydrogens is 438 g/mol. The van der Waals surface area contributed by atoms with Crippen molar-refractivity contribution in [3.63, 3.8) is 0 Å². The molecule has 0 saturated carbocycles. The van der Waals surface area contributed by atoms with Crippen molar-refractivity contribution in [2.24, 2.45) is 0 Å². The molecule has 3 rings (SSSR count). The number of carbonyl (C=O) groups excluding carboxylic acids is 1. The zero-order valence-corrected chi connectivity index (χ0v) is 19.0. The number of carbonyl (C=O) groups is 1. The summed E-state index contributed by atoms with van der Waals surface area (Å²) >= 11 is 0. The number of methoxy groups -OCH3 is 1. The van der Waals surface area contributed by atoms with Gasteiger partial charge in [-0.1, -0.05) is 18.2 Å². The molecule has 0 aromatic heterocycles. The van der Waals surface area contributed by atoms with Crippen molar-refractivity contribution in [2.75, 3.05) is 24.2 Å². The van der Waals surface area contributed by atoms with Gasteiger partial charge in [0.1, 0.15) is 29.3 Å². The number of nitrogens with one attached hydrogen (secondary N) is 1. The van der Waals surface area contributed by atoms with Crippen molar-refractivity contribution < 1.29 is 27.6 Å². The van der Waals surface area contributed by atoms with Crippen molar-refractivity contribution in [2.45, 2.75) is 31.9 Å². The van der Waals surface area contributed by atoms with Crippen LogP contribution in [-0.4, -0.2) is 44.8 Å². The summed E-state index contributed by atoms with van der Waals surface area (Å²) in [4.78, 5) is 23.5. The number of hydrogen-bond donors (Lipinski definition) is 1. The van der Waals surface area contributed by atoms with E-state index in [1.807, 2.05) is 38.1 Å². The number of fused-ring (bicyclic) bond motifs is 1. The molecule has 1 heterocycles. The van der Waals surface area contributed by atoms with Crippen molar-refractivity contribution in [3.05, 3.63) is 58.1 Å². The largest absolute Gasteiger partial charge is 0.495 e. The van der Waals surface area contributed by atoms with E-state index in [1.54, 1.807) is 0 Å². The lowest BCUT2D eigenvalue weighted by molar-refractivity contribution is -0.384. The van der Waals surface area contributed by atoms with Crippen molar-refractivity contribution >= 4 is 27.3 Å². The van der Waals surface area contributed by atoms with E-state index in [-0.39, 0.29) is 17.1 Å². The quantitative estimate of drug-likeness (QED) is 0.494. The summed E-state index contributed by atoms with van der Waals surface area (Å²) < 4.78 is 37.0. The second-order valence-corrected chi connectivity index (χ2v) is 10.0. The Balaban J connectivity index is 1.91. The highest BCUT2D eigenvalue weighted by molar-refractivity contribution is 7.92. The maximum absolute atomic E-state index is 12.9. The zero-order chi connectivity index (χ0) is 23.7. The summed E-state index contributed by atoms with van der Waals surface area (Å²) in [6, 6.07) is 10.5. The number of nitrogens with zero attached hydrogens (tertiary/aromatic N) is 2. The van der Waals surface area contributed by atoms with Gasteiger partial charge in [0.05, 0.1) is 24.3 Å². The number of hydrogen-bond acceptors (Lipinski definition) is 7. The summed E-state index contributed by atoms with van der Waals surface area (Å²) in [5.41, 5.74) is -0.160. The highest BCUT2D eigenvalue weighted by Crippen LogP contribution is 2.39. The minimum atomic E-state index is -3.97. The number of anilines is 1. The molecule has 0 fully saturated rings. The molecule has 2 aromatic rings. The molecule has 10 nitrogen and oxygen atoms in total. The second-order valence-electron chi connectivity index (χ2n) is 8.11. The van der Waals surface area contributed by atoms with Gasteiger partial charge in [0, 0.05) is 24.1 Å². The van der Waals surface area contributed by atoms with Gasteiger partial charge in [-0.3, -0.25) is 19.2 Å². The summed E-state index contributed by atoms with van der Waals surface area (Å²) in [6.45, 7) is 3.23. The molecule has 32 heavy (non-hydrogen) atoms. The Morgan fingerprint density at radius 3 is 2.62 bits per heavy atom. The summed E-state index contributed by atoms with van der Waals surface area (Å²) in [5.74, 6) is 0.169. The van der Waals surface area contributed by atoms with Crippen LogP contribution in [0, 0.1) is 10.1 Å². The van der Waals surface area contributed by atoms with E-state index < -0.39 is 39.0 Å². The maximum Gasteiger partial charge on any atom is 0.271 e. The topological polar surface area (TPSA) is 128 Å². The predicted molar refractivity (Wildman–Crippen MR) is 118 cm³/mol. The predicted octanol–water partition coefficient (Wildman–Crippen LogP) is 2.79. The van der Waals surface area contributed by atoms with Gasteiger partial charge in [-0.15, -0.1) is 0 Å². The molecule has 1 N–H and O–H groups in total. The minimum absolute atomic E-state index is 0.0892. The van der Waals surface area contributed by atoms with Crippen LogP contribution in [0.4, 0.5) is 11.4 Å². The lowest BCUT2D eigenvalue weighted by Crippen LogP contribution is -2.45. The average molecular weight is 464 g/mol. The molecule has 0 saturated heterocycles. The molecule has 0 radical (unpaired) electrons. The monoisotopic (exact) mass is 463 g/mol. The molecule has 11 heteroatoms. The number of nitro groups is 1. The van der Waals surface area contributed by atoms with Crippen LogP contribution in [0.15, 0.2) is 42.5 Å². The lowest BCUT2D eigenvalue weighted by Gasteiger charge is -2.38. The van der Waals surface area contributed by atoms with Crippen LogP contribution in [0.5, 0.6) is 11.5 Å². The van der Waals surface area contributed by atoms with E-state index in [1.165, 1.54) is 19.2 Å². The summed E-state index contributed by atoms with van der Waals surface area (Å²) in [5, 5.41) is 14.1. The first-order valence-electron chi connectivity index (χ1n) is 9.79. The maximum atomic E-state index is 12.9. The highest BCUT2D eigenvalue weighted by atomic mass is 32.2. The van der Waals surface area contributed by atoms with E-state index >= 15 is 0 Å². The molecule has 0 bridgehead atoms. The molecule has 172 valence electrons. The van der Waals surface area contributed by atoms with Gasteiger partial charge in [-0.2, -0.15) is 0 Å². The first-order chi connectivity index (χ1) is 14.9. The summed E-state index contributed by atoms with van der Waals surface area (Å²) in [6.07, 6.45) is 1.40. The smallest absolute Gasteiger partial charge is 0.271 e. The third-order valence-electron chi connectivity index (χ3n) is 5.04. The molecular formula is C21H25N3O7S. The Labute approximate surface area is 186 Å². The molecule has 1 atom stereocenters. The Hall–Kier alpha value is -3.34. The van der Waals surface area contributed by atoms with Gasteiger partial charge in [-0.25, -0.2) is 8.42 Å². The Morgan fingerprint density at radius 1 is 1.31 bits per heavy atom. The van der Waals surface area contributed by atoms with Gasteiger partial charge in [-0.05, 0) is 26.0 Å². The molecule has 1 aliphatic rings. The molecule has 1 unspecified atom stereocenters. The fourth-order valence-corrected chi connectivity index (χ4v) is 4.52. The van der Waals surface area contributed by atoms with Crippen LogP contribution >= 0.6 is 0 Å². The van der Waals surface area contributed by atoms with E-state index in [2.05, 4.69) is 5.32 Å². The van der Waals surface area contributed by atoms with E-state index in [4.69, 9.17) is 9.47 Å². The molecule has 2 aromatic carbocycles. The van der Waals surface area contributed by atoms with Crippen LogP contribution in [0.1, 0.15) is 31.9 Å². The lowest BCUT2D eigenvalue weighted by atomic mass is 9.89. The average Bonchev–Trinajstić information content (AvgIpc) is 2.69. The number of rotatable bonds is 7. The fourth-order valence-electron chi connectivity index (χ4n) is 3.67. The SMILES string of the molecule is COc1ccc([N+](=O)[O-])cc1N(CC(=O)NC1CC(C)(C)Oc2ccccc21)S(C)(=O)=O. The first kappa shape index (κ1) is 23.3. The molecule has 0 aliphatic carbocycles. The third-order valence-corrected chi connectivity index (χ3v) is 6.17. The second kappa shape index (κ2) is 8.65. The van der Waals surface area contributed by atoms with E-state index in [0.29, 0.717) is 12.2 Å². The number of ether oxygens (including phenoxy) is 2. The van der Waals surface area contributed by atoms with Crippen molar-refractivity contribution in [1.82, 2.24) is 5.32 Å². The van der Waals surface area contributed by atoms with Gasteiger partial charge in [0.25, 0.3) is 5.69 Å². The van der Waals surface area contributed by atoms with Gasteiger partial charge < -0.3 is 14.8 Å². The normalized spacial score (nSPS) is 16.9. The summed E-state index contributed by atoms with van der Waals surface area (Å²) in [7, 11) is -2.66. The van der Waals surface area contributed by atoms with Crippen molar-refractivity contribution in [3.8, 4) is 11.5 Å². The number of sulfonamides is 1. The van der Waals surface area contributed by atoms with Crippen LogP contribution in [0.25, 0.3) is 0 Å². The van der Waals surface area contributed by atoms with Gasteiger partial charge in [0.2, 0.25) is 15.9 Å². The van der Waals surface area contributed by atoms with Crippen LogP contribution in [-0.2, 0) is 14.8 Å². The molecule has 0 spiro atoms. The number of amides is 1. The van der Waals surface area contributed by atoms with Crippen LogP contribution < -0.4 is 19.1 Å². The van der Waals surface area contributed by atoms with Crippen LogP contribution in [0.3, 0.4) is 0 Å². The number of benzene rings is 2. The number of non-ortho nitro benzene ring substituents is 1. The third kappa shape index (κ3) is 5.10. The zero-order valence-electron chi connectivity index (χ0n) is 18.2. The standard InChI is InChI=1S/C21H25N3O7S/c1-21(2)12-16(15-7-5-6-8-18(15)31-21)22-20(25)13-23(32(4,28)29)17-11-14(24(26)27)9-10-19(17)30-3/h5-11,16H,12-13H2,1-4H3,(H,22,25). The van der Waals surface area contributed by atoms with Gasteiger partial charge >= 0.3 is 0 Å². The highest BCUT2D eigenvalue weighted by Gasteiger charge is 2.35. The Kier molecular flexibility index (Phi) is 6.31. The van der Waals surface area contributed by atoms with Gasteiger partial charge in [0.15, 0.2) is 0 Å². The van der Waals surface area contributed by atoms with E-state index in [0.717, 1.165) is 22.2 Å². The van der Waals surface area contributed by atoms with Crippen molar-refractivity contribution in [1.29, 1.82) is 0 Å². The molecule has 1 aliphatic heterocycles. The Morgan fingerprint density at radius 2 is 2.00 bits per heavy atom. The minimum Gasteiger partial charge on any atom is -0.495 e. The first-order valence-corrected chi connectivity index (χ1v) is 11.6. The Bertz CT molecular complexity index is 1150. The van der Waals surface area contributed by atoms with E-state index in [9.17, 15) is 23.3 Å². The van der Waals surface area contributed by atoms with Crippen LogP contribution in [0.2, 0.25) is 0 Å². The number of para-hydroxylation sites is 1. The number of nitro benzene ring substituents is 1. The fraction of sp³-hybridized carbons (Fsp3) is 0.381. The molecule has 1 amide bonds.